The van der Waals surface area contributed by atoms with Gasteiger partial charge in [-0.2, -0.15) is 0 Å². The molecule has 0 spiro atoms. The molecule has 1 aromatic heterocycles. The van der Waals surface area contributed by atoms with Gasteiger partial charge >= 0.3 is 6.01 Å². The predicted octanol–water partition coefficient (Wildman–Crippen LogP) is 1.09. The summed E-state index contributed by atoms with van der Waals surface area (Å²) in [4.78, 5) is 1.96. The third-order valence-electron chi connectivity index (χ3n) is 3.26. The number of piperidine rings is 1. The lowest BCUT2D eigenvalue weighted by atomic mass is 9.96. The molecular weight excluding hydrogens is 232 g/mol. The topological polar surface area (TPSA) is 74.4 Å². The predicted molar refractivity (Wildman–Crippen MR) is 68.5 cm³/mol. The number of nitrogens with zero attached hydrogens (tertiary/aromatic N) is 3. The Morgan fingerprint density at radius 2 is 2.33 bits per heavy atom. The van der Waals surface area contributed by atoms with Gasteiger partial charge in [-0.1, -0.05) is 12.0 Å². The van der Waals surface area contributed by atoms with E-state index >= 15 is 0 Å². The van der Waals surface area contributed by atoms with Crippen LogP contribution in [0.2, 0.25) is 0 Å². The maximum Gasteiger partial charge on any atom is 0.318 e. The van der Waals surface area contributed by atoms with Crippen LogP contribution in [-0.4, -0.2) is 40.5 Å². The van der Waals surface area contributed by atoms with Crippen molar-refractivity contribution in [3.8, 4) is 0 Å². The lowest BCUT2D eigenvalue weighted by Gasteiger charge is -2.35. The molecule has 0 saturated carbocycles. The first-order valence-corrected chi connectivity index (χ1v) is 6.56. The van der Waals surface area contributed by atoms with E-state index in [1.54, 1.807) is 0 Å². The van der Waals surface area contributed by atoms with Gasteiger partial charge in [0.1, 0.15) is 0 Å². The second kappa shape index (κ2) is 5.24. The molecule has 0 aliphatic carbocycles. The number of aromatic nitrogens is 2. The van der Waals surface area contributed by atoms with Crippen LogP contribution >= 0.6 is 0 Å². The summed E-state index contributed by atoms with van der Waals surface area (Å²) in [6.45, 7) is 8.13. The fourth-order valence-electron chi connectivity index (χ4n) is 2.31. The highest BCUT2D eigenvalue weighted by Gasteiger charge is 2.31. The van der Waals surface area contributed by atoms with Crippen molar-refractivity contribution in [1.29, 1.82) is 0 Å². The third-order valence-corrected chi connectivity index (χ3v) is 3.26. The van der Waals surface area contributed by atoms with E-state index in [2.05, 4.69) is 15.5 Å². The van der Waals surface area contributed by atoms with Crippen molar-refractivity contribution < 1.29 is 9.52 Å². The summed E-state index contributed by atoms with van der Waals surface area (Å²) in [5.41, 5.74) is -0.667. The molecule has 2 N–H and O–H groups in total. The van der Waals surface area contributed by atoms with Gasteiger partial charge in [-0.15, -0.1) is 5.10 Å². The van der Waals surface area contributed by atoms with E-state index in [1.165, 1.54) is 0 Å². The van der Waals surface area contributed by atoms with Crippen LogP contribution in [-0.2, 0) is 0 Å². The van der Waals surface area contributed by atoms with Crippen molar-refractivity contribution in [2.24, 2.45) is 0 Å². The van der Waals surface area contributed by atoms with Crippen LogP contribution in [0.15, 0.2) is 4.42 Å². The molecule has 2 heterocycles. The van der Waals surface area contributed by atoms with Crippen molar-refractivity contribution in [3.05, 3.63) is 5.89 Å². The number of anilines is 1. The summed E-state index contributed by atoms with van der Waals surface area (Å²) in [5, 5.41) is 21.4. The van der Waals surface area contributed by atoms with Crippen molar-refractivity contribution in [3.63, 3.8) is 0 Å². The van der Waals surface area contributed by atoms with Gasteiger partial charge in [0.05, 0.1) is 18.2 Å². The molecule has 6 nitrogen and oxygen atoms in total. The fourth-order valence-corrected chi connectivity index (χ4v) is 2.31. The first-order chi connectivity index (χ1) is 8.52. The second-order valence-corrected chi connectivity index (χ2v) is 5.22. The summed E-state index contributed by atoms with van der Waals surface area (Å²) in [7, 11) is 0. The molecule has 1 saturated heterocycles. The number of hydrogen-bond donors (Lipinski definition) is 2. The summed E-state index contributed by atoms with van der Waals surface area (Å²) in [6, 6.07) is 0.566. The van der Waals surface area contributed by atoms with Gasteiger partial charge in [0.25, 0.3) is 0 Å². The standard InChI is InChI=1S/C12H22N4O2/c1-4-13-9(2)10-14-15-11(18-10)16-7-5-6-12(3,17)8-16/h9,13,17H,4-8H2,1-3H3. The number of nitrogens with one attached hydrogen (secondary N) is 1. The van der Waals surface area contributed by atoms with Gasteiger partial charge in [-0.3, -0.25) is 0 Å². The van der Waals surface area contributed by atoms with Crippen LogP contribution in [0.25, 0.3) is 0 Å². The molecule has 2 unspecified atom stereocenters. The highest BCUT2D eigenvalue weighted by molar-refractivity contribution is 5.26. The Labute approximate surface area is 107 Å². The molecule has 0 bridgehead atoms. The molecule has 1 aliphatic heterocycles. The van der Waals surface area contributed by atoms with Gasteiger partial charge in [-0.05, 0) is 33.2 Å². The quantitative estimate of drug-likeness (QED) is 0.838. The van der Waals surface area contributed by atoms with Gasteiger partial charge in [0.15, 0.2) is 0 Å². The molecule has 0 aromatic carbocycles. The van der Waals surface area contributed by atoms with Crippen LogP contribution in [0, 0.1) is 0 Å². The van der Waals surface area contributed by atoms with Crippen LogP contribution in [0.4, 0.5) is 6.01 Å². The lowest BCUT2D eigenvalue weighted by molar-refractivity contribution is 0.0434. The average molecular weight is 254 g/mol. The smallest absolute Gasteiger partial charge is 0.318 e. The molecule has 0 amide bonds. The number of β-amino-alcohol motifs (C(OH)–C–C–N with tert-alkyl or cyclic N) is 1. The first kappa shape index (κ1) is 13.3. The summed E-state index contributed by atoms with van der Waals surface area (Å²) in [5.74, 6) is 0.595. The second-order valence-electron chi connectivity index (χ2n) is 5.22. The molecule has 18 heavy (non-hydrogen) atoms. The summed E-state index contributed by atoms with van der Waals surface area (Å²) < 4.78 is 5.66. The van der Waals surface area contributed by atoms with Gasteiger partial charge < -0.3 is 19.7 Å². The molecule has 1 aliphatic rings. The van der Waals surface area contributed by atoms with Crippen molar-refractivity contribution >= 4 is 6.01 Å². The van der Waals surface area contributed by atoms with Gasteiger partial charge in [0, 0.05) is 6.54 Å². The van der Waals surface area contributed by atoms with Crippen LogP contribution in [0.5, 0.6) is 0 Å². The Morgan fingerprint density at radius 1 is 1.56 bits per heavy atom. The van der Waals surface area contributed by atoms with E-state index in [0.717, 1.165) is 25.9 Å². The zero-order valence-electron chi connectivity index (χ0n) is 11.3. The molecular formula is C12H22N4O2. The largest absolute Gasteiger partial charge is 0.406 e. The number of aliphatic hydroxyl groups is 1. The summed E-state index contributed by atoms with van der Waals surface area (Å²) in [6.07, 6.45) is 1.76. The minimum Gasteiger partial charge on any atom is -0.406 e. The molecule has 1 fully saturated rings. The van der Waals surface area contributed by atoms with E-state index in [-0.39, 0.29) is 6.04 Å². The van der Waals surface area contributed by atoms with E-state index < -0.39 is 5.60 Å². The molecule has 2 rings (SSSR count). The zero-order chi connectivity index (χ0) is 13.2. The van der Waals surface area contributed by atoms with Gasteiger partial charge in [-0.25, -0.2) is 0 Å². The van der Waals surface area contributed by atoms with Crippen molar-refractivity contribution in [2.45, 2.75) is 45.3 Å². The van der Waals surface area contributed by atoms with Crippen LogP contribution in [0.3, 0.4) is 0 Å². The van der Waals surface area contributed by atoms with Gasteiger partial charge in [0.2, 0.25) is 5.89 Å². The number of rotatable bonds is 4. The highest BCUT2D eigenvalue weighted by Crippen LogP contribution is 2.25. The van der Waals surface area contributed by atoms with Crippen molar-refractivity contribution in [1.82, 2.24) is 15.5 Å². The summed E-state index contributed by atoms with van der Waals surface area (Å²) >= 11 is 0. The Hall–Kier alpha value is -1.14. The minimum absolute atomic E-state index is 0.0570. The Kier molecular flexibility index (Phi) is 3.87. The van der Waals surface area contributed by atoms with E-state index in [1.807, 2.05) is 25.7 Å². The minimum atomic E-state index is -0.667. The molecule has 102 valence electrons. The molecule has 0 radical (unpaired) electrons. The Bertz CT molecular complexity index is 391. The Balaban J connectivity index is 2.05. The molecule has 6 heteroatoms. The third kappa shape index (κ3) is 3.00. The zero-order valence-corrected chi connectivity index (χ0v) is 11.3. The Morgan fingerprint density at radius 3 is 3.00 bits per heavy atom. The number of hydrogen-bond acceptors (Lipinski definition) is 6. The molecule has 2 atom stereocenters. The highest BCUT2D eigenvalue weighted by atomic mass is 16.4. The van der Waals surface area contributed by atoms with Crippen LogP contribution < -0.4 is 10.2 Å². The van der Waals surface area contributed by atoms with E-state index in [4.69, 9.17) is 4.42 Å². The normalized spacial score (nSPS) is 26.3. The van der Waals surface area contributed by atoms with Crippen molar-refractivity contribution in [2.75, 3.05) is 24.5 Å². The molecule has 1 aromatic rings. The maximum atomic E-state index is 10.1. The van der Waals surface area contributed by atoms with E-state index in [0.29, 0.717) is 18.5 Å². The van der Waals surface area contributed by atoms with E-state index in [9.17, 15) is 5.11 Å². The lowest BCUT2D eigenvalue weighted by Crippen LogP contribution is -2.46. The average Bonchev–Trinajstić information content (AvgIpc) is 2.77. The maximum absolute atomic E-state index is 10.1. The monoisotopic (exact) mass is 254 g/mol. The van der Waals surface area contributed by atoms with Crippen LogP contribution in [0.1, 0.15) is 45.5 Å². The fraction of sp³-hybridized carbons (Fsp3) is 0.833. The first-order valence-electron chi connectivity index (χ1n) is 6.56. The SMILES string of the molecule is CCNC(C)c1nnc(N2CCCC(C)(O)C2)o1.